The third kappa shape index (κ3) is 3.96. The Morgan fingerprint density at radius 2 is 1.92 bits per heavy atom. The van der Waals surface area contributed by atoms with Gasteiger partial charge in [-0.1, -0.05) is 24.3 Å². The van der Waals surface area contributed by atoms with Crippen molar-refractivity contribution in [1.82, 2.24) is 9.88 Å². The molecule has 130 valence electrons. The Morgan fingerprint density at radius 3 is 2.60 bits per heavy atom. The first-order valence-electron chi connectivity index (χ1n) is 8.23. The number of hydrogen-bond acceptors (Lipinski definition) is 4. The largest absolute Gasteiger partial charge is 0.439 e. The number of amides is 2. The van der Waals surface area contributed by atoms with E-state index in [2.05, 4.69) is 10.3 Å². The molecule has 2 amide bonds. The molecule has 1 aliphatic heterocycles. The summed E-state index contributed by atoms with van der Waals surface area (Å²) in [5, 5.41) is 2.84. The zero-order valence-corrected chi connectivity index (χ0v) is 14.4. The summed E-state index contributed by atoms with van der Waals surface area (Å²) in [4.78, 5) is 30.2. The number of ether oxygens (including phenoxy) is 1. The molecule has 1 saturated heterocycles. The highest BCUT2D eigenvalue weighted by molar-refractivity contribution is 5.95. The summed E-state index contributed by atoms with van der Waals surface area (Å²) in [5.41, 5.74) is -0.607. The van der Waals surface area contributed by atoms with Crippen molar-refractivity contribution in [3.05, 3.63) is 48.5 Å². The summed E-state index contributed by atoms with van der Waals surface area (Å²) in [6.45, 7) is 4.42. The van der Waals surface area contributed by atoms with Crippen molar-refractivity contribution in [3.8, 4) is 11.6 Å². The number of pyridine rings is 1. The van der Waals surface area contributed by atoms with Gasteiger partial charge in [0.2, 0.25) is 17.7 Å². The van der Waals surface area contributed by atoms with Gasteiger partial charge in [-0.3, -0.25) is 9.59 Å². The molecule has 0 radical (unpaired) electrons. The number of nitrogens with zero attached hydrogens (tertiary/aromatic N) is 2. The Balaban J connectivity index is 1.68. The van der Waals surface area contributed by atoms with E-state index >= 15 is 0 Å². The van der Waals surface area contributed by atoms with Crippen LogP contribution in [0.15, 0.2) is 48.5 Å². The summed E-state index contributed by atoms with van der Waals surface area (Å²) in [7, 11) is 0. The molecule has 1 N–H and O–H groups in total. The fraction of sp³-hybridized carbons (Fsp3) is 0.316. The van der Waals surface area contributed by atoms with E-state index in [1.807, 2.05) is 37.3 Å². The fourth-order valence-corrected chi connectivity index (χ4v) is 2.83. The first-order valence-corrected chi connectivity index (χ1v) is 8.23. The number of carbonyl (C=O) groups excluding carboxylic acids is 2. The molecule has 6 nitrogen and oxygen atoms in total. The second-order valence-electron chi connectivity index (χ2n) is 6.48. The Labute approximate surface area is 146 Å². The summed E-state index contributed by atoms with van der Waals surface area (Å²) in [6.07, 6.45) is 0.638. The maximum atomic E-state index is 12.6. The van der Waals surface area contributed by atoms with Gasteiger partial charge >= 0.3 is 0 Å². The van der Waals surface area contributed by atoms with Crippen molar-refractivity contribution in [3.63, 3.8) is 0 Å². The monoisotopic (exact) mass is 339 g/mol. The molecule has 1 aromatic heterocycles. The molecule has 0 saturated carbocycles. The lowest BCUT2D eigenvalue weighted by molar-refractivity contribution is -0.129. The molecular weight excluding hydrogens is 318 g/mol. The van der Waals surface area contributed by atoms with Gasteiger partial charge in [-0.2, -0.15) is 4.98 Å². The van der Waals surface area contributed by atoms with Crippen LogP contribution in [0.5, 0.6) is 11.6 Å². The van der Waals surface area contributed by atoms with Crippen LogP contribution in [0.2, 0.25) is 0 Å². The van der Waals surface area contributed by atoms with Gasteiger partial charge in [0, 0.05) is 26.1 Å². The predicted octanol–water partition coefficient (Wildman–Crippen LogP) is 3.07. The van der Waals surface area contributed by atoms with Crippen molar-refractivity contribution < 1.29 is 14.3 Å². The highest BCUT2D eigenvalue weighted by atomic mass is 16.5. The van der Waals surface area contributed by atoms with E-state index in [1.54, 1.807) is 23.1 Å². The van der Waals surface area contributed by atoms with Crippen LogP contribution in [0.1, 0.15) is 20.3 Å². The van der Waals surface area contributed by atoms with Crippen LogP contribution in [0, 0.1) is 5.41 Å². The number of nitrogens with one attached hydrogen (secondary N) is 1. The first-order chi connectivity index (χ1) is 12.0. The van der Waals surface area contributed by atoms with Crippen molar-refractivity contribution in [2.45, 2.75) is 20.3 Å². The minimum Gasteiger partial charge on any atom is -0.439 e. The lowest BCUT2D eigenvalue weighted by Gasteiger charge is -2.23. The lowest BCUT2D eigenvalue weighted by Crippen LogP contribution is -2.37. The Hall–Kier alpha value is -2.89. The number of anilines is 1. The minimum atomic E-state index is -0.607. The van der Waals surface area contributed by atoms with E-state index in [0.717, 1.165) is 0 Å². The van der Waals surface area contributed by atoms with Crippen molar-refractivity contribution in [2.24, 2.45) is 5.41 Å². The van der Waals surface area contributed by atoms with E-state index in [4.69, 9.17) is 4.74 Å². The zero-order chi connectivity index (χ0) is 17.9. The van der Waals surface area contributed by atoms with Gasteiger partial charge in [-0.15, -0.1) is 0 Å². The Morgan fingerprint density at radius 1 is 1.16 bits per heavy atom. The second kappa shape index (κ2) is 6.93. The second-order valence-corrected chi connectivity index (χ2v) is 6.48. The van der Waals surface area contributed by atoms with E-state index in [1.165, 1.54) is 6.92 Å². The van der Waals surface area contributed by atoms with Crippen LogP contribution in [0.25, 0.3) is 0 Å². The van der Waals surface area contributed by atoms with Crippen LogP contribution in [0.3, 0.4) is 0 Å². The molecule has 1 unspecified atom stereocenters. The van der Waals surface area contributed by atoms with Crippen molar-refractivity contribution in [1.29, 1.82) is 0 Å². The van der Waals surface area contributed by atoms with Gasteiger partial charge < -0.3 is 15.0 Å². The standard InChI is InChI=1S/C19H21N3O3/c1-14(23)22-12-11-19(2,13-22)18(24)21-16-9-6-10-17(20-16)25-15-7-4-3-5-8-15/h3-10H,11-13H2,1-2H3,(H,20,21,24). The van der Waals surface area contributed by atoms with Crippen molar-refractivity contribution in [2.75, 3.05) is 18.4 Å². The van der Waals surface area contributed by atoms with Gasteiger partial charge in [-0.25, -0.2) is 0 Å². The predicted molar refractivity (Wildman–Crippen MR) is 94.4 cm³/mol. The molecule has 0 aliphatic carbocycles. The number of para-hydroxylation sites is 1. The molecule has 1 aliphatic rings. The third-order valence-corrected chi connectivity index (χ3v) is 4.40. The zero-order valence-electron chi connectivity index (χ0n) is 14.4. The molecule has 0 bridgehead atoms. The smallest absolute Gasteiger partial charge is 0.233 e. The number of aromatic nitrogens is 1. The normalized spacial score (nSPS) is 19.5. The van der Waals surface area contributed by atoms with Gasteiger partial charge in [-0.05, 0) is 31.5 Å². The molecule has 2 aromatic rings. The van der Waals surface area contributed by atoms with Gasteiger partial charge in [0.25, 0.3) is 0 Å². The number of carbonyl (C=O) groups is 2. The van der Waals surface area contributed by atoms with E-state index in [-0.39, 0.29) is 11.8 Å². The van der Waals surface area contributed by atoms with Crippen LogP contribution >= 0.6 is 0 Å². The fourth-order valence-electron chi connectivity index (χ4n) is 2.83. The van der Waals surface area contributed by atoms with E-state index < -0.39 is 5.41 Å². The topological polar surface area (TPSA) is 71.5 Å². The molecule has 1 aromatic carbocycles. The van der Waals surface area contributed by atoms with Crippen LogP contribution in [0.4, 0.5) is 5.82 Å². The molecule has 2 heterocycles. The number of hydrogen-bond donors (Lipinski definition) is 1. The summed E-state index contributed by atoms with van der Waals surface area (Å²) in [6, 6.07) is 14.6. The molecule has 3 rings (SSSR count). The van der Waals surface area contributed by atoms with Gasteiger partial charge in [0.05, 0.1) is 5.41 Å². The highest BCUT2D eigenvalue weighted by Crippen LogP contribution is 2.31. The molecular formula is C19H21N3O3. The van der Waals surface area contributed by atoms with Crippen LogP contribution in [-0.4, -0.2) is 34.8 Å². The van der Waals surface area contributed by atoms with Crippen molar-refractivity contribution >= 4 is 17.6 Å². The minimum absolute atomic E-state index is 0.00657. The molecule has 25 heavy (non-hydrogen) atoms. The summed E-state index contributed by atoms with van der Waals surface area (Å²) >= 11 is 0. The SMILES string of the molecule is CC(=O)N1CCC(C)(C(=O)Nc2cccc(Oc3ccccc3)n2)C1. The molecule has 6 heteroatoms. The van der Waals surface area contributed by atoms with Crippen LogP contribution < -0.4 is 10.1 Å². The first kappa shape index (κ1) is 17.0. The number of likely N-dealkylation sites (tertiary alicyclic amines) is 1. The summed E-state index contributed by atoms with van der Waals surface area (Å²) in [5.74, 6) is 1.37. The average molecular weight is 339 g/mol. The lowest BCUT2D eigenvalue weighted by atomic mass is 9.89. The quantitative estimate of drug-likeness (QED) is 0.929. The molecule has 0 spiro atoms. The number of rotatable bonds is 4. The number of benzene rings is 1. The summed E-state index contributed by atoms with van der Waals surface area (Å²) < 4.78 is 5.68. The third-order valence-electron chi connectivity index (χ3n) is 4.40. The molecule has 1 atom stereocenters. The Kier molecular flexibility index (Phi) is 4.70. The molecule has 1 fully saturated rings. The van der Waals surface area contributed by atoms with Gasteiger partial charge in [0.15, 0.2) is 0 Å². The maximum Gasteiger partial charge on any atom is 0.233 e. The highest BCUT2D eigenvalue weighted by Gasteiger charge is 2.41. The Bertz CT molecular complexity index is 778. The maximum absolute atomic E-state index is 12.6. The van der Waals surface area contributed by atoms with E-state index in [0.29, 0.717) is 37.0 Å². The average Bonchev–Trinajstić information content (AvgIpc) is 3.00. The van der Waals surface area contributed by atoms with E-state index in [9.17, 15) is 9.59 Å². The van der Waals surface area contributed by atoms with Crippen LogP contribution in [-0.2, 0) is 9.59 Å². The van der Waals surface area contributed by atoms with Gasteiger partial charge in [0.1, 0.15) is 11.6 Å².